The van der Waals surface area contributed by atoms with E-state index >= 15 is 0 Å². The van der Waals surface area contributed by atoms with Crippen LogP contribution in [-0.4, -0.2) is 33.3 Å². The average molecular weight is 427 g/mol. The Bertz CT molecular complexity index is 862. The zero-order valence-electron chi connectivity index (χ0n) is 16.4. The van der Waals surface area contributed by atoms with Gasteiger partial charge in [0.15, 0.2) is 6.04 Å². The molecule has 3 atom stereocenters. The van der Waals surface area contributed by atoms with E-state index in [1.165, 1.54) is 11.3 Å². The third-order valence-electron chi connectivity index (χ3n) is 5.72. The molecule has 1 saturated heterocycles. The first kappa shape index (κ1) is 20.3. The summed E-state index contributed by atoms with van der Waals surface area (Å²) in [6.45, 7) is 4.32. The second-order valence-electron chi connectivity index (χ2n) is 8.10. The van der Waals surface area contributed by atoms with E-state index in [-0.39, 0.29) is 24.3 Å². The Morgan fingerprint density at radius 3 is 2.79 bits per heavy atom. The summed E-state index contributed by atoms with van der Waals surface area (Å²) < 4.78 is 42.6. The lowest BCUT2D eigenvalue weighted by atomic mass is 9.97. The van der Waals surface area contributed by atoms with Gasteiger partial charge < -0.3 is 10.2 Å². The van der Waals surface area contributed by atoms with Crippen LogP contribution in [0.4, 0.5) is 19.0 Å². The summed E-state index contributed by atoms with van der Waals surface area (Å²) in [5, 5.41) is 9.48. The Balaban J connectivity index is 1.69. The van der Waals surface area contributed by atoms with Gasteiger partial charge in [0, 0.05) is 29.8 Å². The molecule has 9 heteroatoms. The Morgan fingerprint density at radius 2 is 2.14 bits per heavy atom. The number of anilines is 1. The van der Waals surface area contributed by atoms with Gasteiger partial charge in [-0.3, -0.25) is 4.79 Å². The molecule has 1 fully saturated rings. The van der Waals surface area contributed by atoms with Gasteiger partial charge in [-0.15, -0.1) is 11.3 Å². The molecule has 1 N–H and O–H groups in total. The van der Waals surface area contributed by atoms with Crippen molar-refractivity contribution in [1.29, 1.82) is 0 Å². The number of nitrogens with one attached hydrogen (secondary N) is 1. The summed E-state index contributed by atoms with van der Waals surface area (Å²) in [4.78, 5) is 15.3. The molecule has 2 aliphatic heterocycles. The number of rotatable bonds is 3. The summed E-state index contributed by atoms with van der Waals surface area (Å²) >= 11 is 1.45. The predicted octanol–water partition coefficient (Wildman–Crippen LogP) is 5.31. The molecule has 1 amide bonds. The number of aromatic nitrogens is 2. The van der Waals surface area contributed by atoms with Crippen LogP contribution in [-0.2, 0) is 4.79 Å². The molecule has 0 unspecified atom stereocenters. The van der Waals surface area contributed by atoms with Gasteiger partial charge in [0.25, 0.3) is 0 Å². The molecule has 0 radical (unpaired) electrons. The molecular formula is C20H25F3N4OS. The number of hydrogen-bond donors (Lipinski definition) is 1. The number of carbonyl (C=O) groups excluding carboxylic acids is 1. The monoisotopic (exact) mass is 426 g/mol. The third kappa shape index (κ3) is 3.89. The van der Waals surface area contributed by atoms with Crippen LogP contribution >= 0.6 is 11.3 Å². The Kier molecular flexibility index (Phi) is 5.35. The van der Waals surface area contributed by atoms with E-state index in [2.05, 4.69) is 10.4 Å². The molecule has 2 aliphatic rings. The second-order valence-corrected chi connectivity index (χ2v) is 9.08. The smallest absolute Gasteiger partial charge is 0.363 e. The number of piperidine rings is 1. The fourth-order valence-corrected chi connectivity index (χ4v) is 5.06. The molecule has 4 heterocycles. The summed E-state index contributed by atoms with van der Waals surface area (Å²) in [7, 11) is 0. The fraction of sp³-hybridized carbons (Fsp3) is 0.600. The zero-order valence-corrected chi connectivity index (χ0v) is 17.3. The Morgan fingerprint density at radius 1 is 1.34 bits per heavy atom. The number of hydrogen-bond acceptors (Lipinski definition) is 4. The van der Waals surface area contributed by atoms with Crippen molar-refractivity contribution in [3.8, 4) is 0 Å². The van der Waals surface area contributed by atoms with Crippen molar-refractivity contribution < 1.29 is 18.0 Å². The van der Waals surface area contributed by atoms with Gasteiger partial charge in [0.05, 0.1) is 17.8 Å². The van der Waals surface area contributed by atoms with E-state index in [1.54, 1.807) is 11.0 Å². The van der Waals surface area contributed by atoms with Crippen molar-refractivity contribution in [2.75, 3.05) is 11.9 Å². The van der Waals surface area contributed by atoms with Crippen LogP contribution in [0.15, 0.2) is 23.6 Å². The minimum atomic E-state index is -4.39. The first-order valence-corrected chi connectivity index (χ1v) is 10.9. The quantitative estimate of drug-likeness (QED) is 0.723. The number of thiophene rings is 1. The molecule has 2 aromatic rings. The number of halogens is 3. The average Bonchev–Trinajstić information content (AvgIpc) is 3.35. The minimum absolute atomic E-state index is 0.0254. The van der Waals surface area contributed by atoms with Crippen LogP contribution in [0.3, 0.4) is 0 Å². The molecule has 2 aromatic heterocycles. The Labute approximate surface area is 171 Å². The maximum absolute atomic E-state index is 13.8. The first-order chi connectivity index (χ1) is 13.8. The summed E-state index contributed by atoms with van der Waals surface area (Å²) in [6.07, 6.45) is -1.93. The van der Waals surface area contributed by atoms with E-state index in [0.29, 0.717) is 18.1 Å². The molecule has 0 saturated carbocycles. The largest absolute Gasteiger partial charge is 0.410 e. The number of nitrogens with zero attached hydrogens (tertiary/aromatic N) is 3. The predicted molar refractivity (Wildman–Crippen MR) is 106 cm³/mol. The summed E-state index contributed by atoms with van der Waals surface area (Å²) in [5.41, 5.74) is 0.544. The van der Waals surface area contributed by atoms with E-state index < -0.39 is 18.3 Å². The number of carbonyl (C=O) groups is 1. The highest BCUT2D eigenvalue weighted by Gasteiger charge is 2.47. The van der Waals surface area contributed by atoms with E-state index in [0.717, 1.165) is 28.8 Å². The molecule has 0 spiro atoms. The topological polar surface area (TPSA) is 50.2 Å². The minimum Gasteiger partial charge on any atom is -0.363 e. The van der Waals surface area contributed by atoms with Crippen LogP contribution in [0.5, 0.6) is 0 Å². The number of amides is 1. The molecule has 0 aliphatic carbocycles. The number of likely N-dealkylation sites (tertiary alicyclic amines) is 1. The van der Waals surface area contributed by atoms with Gasteiger partial charge in [-0.25, -0.2) is 4.68 Å². The van der Waals surface area contributed by atoms with Gasteiger partial charge in [-0.2, -0.15) is 18.3 Å². The van der Waals surface area contributed by atoms with Gasteiger partial charge >= 0.3 is 6.18 Å². The maximum Gasteiger partial charge on any atom is 0.410 e. The van der Waals surface area contributed by atoms with Gasteiger partial charge in [-0.1, -0.05) is 19.9 Å². The first-order valence-electron chi connectivity index (χ1n) is 10.0. The fourth-order valence-electron chi connectivity index (χ4n) is 4.27. The van der Waals surface area contributed by atoms with E-state index in [1.807, 2.05) is 31.4 Å². The molecular weight excluding hydrogens is 401 g/mol. The molecule has 158 valence electrons. The lowest BCUT2D eigenvalue weighted by molar-refractivity contribution is -0.174. The van der Waals surface area contributed by atoms with Gasteiger partial charge in [0.1, 0.15) is 5.82 Å². The van der Waals surface area contributed by atoms with Gasteiger partial charge in [-0.05, 0) is 30.7 Å². The molecule has 0 aromatic carbocycles. The van der Waals surface area contributed by atoms with Crippen molar-refractivity contribution in [3.63, 3.8) is 0 Å². The van der Waals surface area contributed by atoms with Crippen LogP contribution in [0, 0.1) is 5.92 Å². The van der Waals surface area contributed by atoms with E-state index in [4.69, 9.17) is 0 Å². The zero-order chi connectivity index (χ0) is 20.8. The van der Waals surface area contributed by atoms with Gasteiger partial charge in [0.2, 0.25) is 5.91 Å². The SMILES string of the molecule is CC(C)C(=O)N1CCCC[C@H]1c1cc2n(n1)[C@@H](C(F)(F)F)C[C@@H](c1cccs1)N2. The molecule has 4 rings (SSSR count). The molecule has 29 heavy (non-hydrogen) atoms. The van der Waals surface area contributed by atoms with Crippen molar-refractivity contribution >= 4 is 23.1 Å². The lowest BCUT2D eigenvalue weighted by Crippen LogP contribution is -2.41. The van der Waals surface area contributed by atoms with E-state index in [9.17, 15) is 18.0 Å². The van der Waals surface area contributed by atoms with Crippen LogP contribution in [0.25, 0.3) is 0 Å². The normalized spacial score (nSPS) is 25.0. The highest BCUT2D eigenvalue weighted by molar-refractivity contribution is 7.10. The van der Waals surface area contributed by atoms with Crippen LogP contribution in [0.2, 0.25) is 0 Å². The van der Waals surface area contributed by atoms with Crippen molar-refractivity contribution in [2.24, 2.45) is 5.92 Å². The number of fused-ring (bicyclic) bond motifs is 1. The number of alkyl halides is 3. The summed E-state index contributed by atoms with van der Waals surface area (Å²) in [5.74, 6) is 0.240. The van der Waals surface area contributed by atoms with Crippen molar-refractivity contribution in [1.82, 2.24) is 14.7 Å². The van der Waals surface area contributed by atoms with Crippen LogP contribution in [0.1, 0.15) is 68.2 Å². The highest BCUT2D eigenvalue weighted by Crippen LogP contribution is 2.45. The Hall–Kier alpha value is -2.03. The van der Waals surface area contributed by atoms with Crippen molar-refractivity contribution in [3.05, 3.63) is 34.2 Å². The second kappa shape index (κ2) is 7.66. The van der Waals surface area contributed by atoms with Crippen molar-refractivity contribution in [2.45, 2.75) is 63.8 Å². The van der Waals surface area contributed by atoms with Crippen LogP contribution < -0.4 is 5.32 Å². The standard InChI is InChI=1S/C20H25F3N4OS/c1-12(2)19(28)26-8-4-3-6-15(26)13-11-18-24-14(16-7-5-9-29-16)10-17(20(21,22)23)27(18)25-13/h5,7,9,11-12,14-15,17,24H,3-4,6,8,10H2,1-2H3/t14-,15-,17+/m0/s1. The maximum atomic E-state index is 13.8. The summed E-state index contributed by atoms with van der Waals surface area (Å²) in [6, 6.07) is 3.05. The molecule has 0 bridgehead atoms. The third-order valence-corrected chi connectivity index (χ3v) is 6.70. The molecule has 5 nitrogen and oxygen atoms in total. The highest BCUT2D eigenvalue weighted by atomic mass is 32.1. The lowest BCUT2D eigenvalue weighted by Gasteiger charge is -2.36.